The molecule has 0 fully saturated rings. The maximum atomic E-state index is 14.0. The van der Waals surface area contributed by atoms with Gasteiger partial charge in [-0.2, -0.15) is 0 Å². The van der Waals surface area contributed by atoms with Crippen molar-refractivity contribution in [1.82, 2.24) is 5.32 Å². The minimum Gasteiger partial charge on any atom is -0.459 e. The first kappa shape index (κ1) is 13.8. The molecule has 0 amide bonds. The highest BCUT2D eigenvalue weighted by molar-refractivity contribution is 5.81. The van der Waals surface area contributed by atoms with Crippen LogP contribution in [0.3, 0.4) is 0 Å². The third-order valence-corrected chi connectivity index (χ3v) is 3.63. The van der Waals surface area contributed by atoms with Gasteiger partial charge in [0.15, 0.2) is 11.6 Å². The van der Waals surface area contributed by atoms with Crippen molar-refractivity contribution in [2.75, 3.05) is 7.05 Å². The lowest BCUT2D eigenvalue weighted by atomic mass is 10.0. The van der Waals surface area contributed by atoms with Gasteiger partial charge in [0.2, 0.25) is 0 Å². The summed E-state index contributed by atoms with van der Waals surface area (Å²) in [6.45, 7) is 1.95. The minimum atomic E-state index is -0.861. The van der Waals surface area contributed by atoms with Crippen molar-refractivity contribution < 1.29 is 13.2 Å². The molecule has 1 N–H and O–H groups in total. The molecule has 4 heteroatoms. The number of hydrogen-bond acceptors (Lipinski definition) is 2. The van der Waals surface area contributed by atoms with Crippen molar-refractivity contribution >= 4 is 11.0 Å². The monoisotopic (exact) mass is 287 g/mol. The summed E-state index contributed by atoms with van der Waals surface area (Å²) in [4.78, 5) is 0. The second-order valence-electron chi connectivity index (χ2n) is 5.01. The highest BCUT2D eigenvalue weighted by Crippen LogP contribution is 2.31. The number of para-hydroxylation sites is 1. The SMILES string of the molecule is CNC(c1cc2cccc(C)c2o1)c1cccc(F)c1F. The van der Waals surface area contributed by atoms with Crippen molar-refractivity contribution in [3.63, 3.8) is 0 Å². The molecular weight excluding hydrogens is 272 g/mol. The first-order valence-corrected chi connectivity index (χ1v) is 6.72. The smallest absolute Gasteiger partial charge is 0.164 e. The number of nitrogens with one attached hydrogen (secondary N) is 1. The zero-order valence-electron chi connectivity index (χ0n) is 11.8. The molecule has 1 heterocycles. The normalized spacial score (nSPS) is 12.8. The molecule has 1 aromatic heterocycles. The molecule has 0 saturated carbocycles. The number of benzene rings is 2. The highest BCUT2D eigenvalue weighted by Gasteiger charge is 2.22. The van der Waals surface area contributed by atoms with E-state index >= 15 is 0 Å². The molecule has 0 saturated heterocycles. The molecular formula is C17H15F2NO. The minimum absolute atomic E-state index is 0.231. The fourth-order valence-corrected chi connectivity index (χ4v) is 2.57. The van der Waals surface area contributed by atoms with Gasteiger partial charge in [-0.05, 0) is 31.7 Å². The Morgan fingerprint density at radius 1 is 1.10 bits per heavy atom. The van der Waals surface area contributed by atoms with E-state index in [4.69, 9.17) is 4.42 Å². The molecule has 3 rings (SSSR count). The first-order chi connectivity index (χ1) is 10.1. The van der Waals surface area contributed by atoms with Crippen LogP contribution in [0, 0.1) is 18.6 Å². The third-order valence-electron chi connectivity index (χ3n) is 3.63. The van der Waals surface area contributed by atoms with Gasteiger partial charge in [-0.1, -0.05) is 30.3 Å². The summed E-state index contributed by atoms with van der Waals surface area (Å²) < 4.78 is 33.3. The molecule has 0 aliphatic heterocycles. The van der Waals surface area contributed by atoms with Gasteiger partial charge in [0, 0.05) is 10.9 Å². The predicted molar refractivity (Wildman–Crippen MR) is 78.2 cm³/mol. The van der Waals surface area contributed by atoms with E-state index in [9.17, 15) is 8.78 Å². The fraction of sp³-hybridized carbons (Fsp3) is 0.176. The van der Waals surface area contributed by atoms with Crippen LogP contribution >= 0.6 is 0 Å². The topological polar surface area (TPSA) is 25.2 Å². The molecule has 1 atom stereocenters. The Hall–Kier alpha value is -2.20. The largest absolute Gasteiger partial charge is 0.459 e. The van der Waals surface area contributed by atoms with E-state index in [1.807, 2.05) is 31.2 Å². The number of halogens is 2. The van der Waals surface area contributed by atoms with Gasteiger partial charge >= 0.3 is 0 Å². The van der Waals surface area contributed by atoms with Crippen LogP contribution in [0.2, 0.25) is 0 Å². The third kappa shape index (κ3) is 2.32. The zero-order chi connectivity index (χ0) is 15.0. The molecule has 0 radical (unpaired) electrons. The second-order valence-corrected chi connectivity index (χ2v) is 5.01. The Kier molecular flexibility index (Phi) is 3.47. The van der Waals surface area contributed by atoms with Gasteiger partial charge in [0.1, 0.15) is 11.3 Å². The lowest BCUT2D eigenvalue weighted by Gasteiger charge is -2.15. The average molecular weight is 287 g/mol. The van der Waals surface area contributed by atoms with Gasteiger partial charge in [-0.15, -0.1) is 0 Å². The molecule has 21 heavy (non-hydrogen) atoms. The Balaban J connectivity index is 2.14. The van der Waals surface area contributed by atoms with Gasteiger partial charge in [0.05, 0.1) is 6.04 Å². The van der Waals surface area contributed by atoms with Crippen LogP contribution in [-0.4, -0.2) is 7.05 Å². The van der Waals surface area contributed by atoms with Crippen LogP contribution in [0.4, 0.5) is 8.78 Å². The number of furan rings is 1. The molecule has 2 nitrogen and oxygen atoms in total. The summed E-state index contributed by atoms with van der Waals surface area (Å²) in [6.07, 6.45) is 0. The van der Waals surface area contributed by atoms with E-state index in [0.717, 1.165) is 22.6 Å². The second kappa shape index (κ2) is 5.30. The molecule has 0 aliphatic carbocycles. The summed E-state index contributed by atoms with van der Waals surface area (Å²) in [5, 5.41) is 3.93. The van der Waals surface area contributed by atoms with E-state index in [2.05, 4.69) is 5.32 Å². The van der Waals surface area contributed by atoms with E-state index in [0.29, 0.717) is 5.76 Å². The number of rotatable bonds is 3. The quantitative estimate of drug-likeness (QED) is 0.775. The summed E-state index contributed by atoms with van der Waals surface area (Å²) in [5.41, 5.74) is 2.01. The van der Waals surface area contributed by atoms with Crippen molar-refractivity contribution in [2.24, 2.45) is 0 Å². The van der Waals surface area contributed by atoms with Crippen molar-refractivity contribution in [2.45, 2.75) is 13.0 Å². The van der Waals surface area contributed by atoms with E-state index in [1.54, 1.807) is 13.1 Å². The van der Waals surface area contributed by atoms with Crippen molar-refractivity contribution in [3.05, 3.63) is 71.0 Å². The molecule has 0 bridgehead atoms. The molecule has 108 valence electrons. The van der Waals surface area contributed by atoms with E-state index < -0.39 is 17.7 Å². The zero-order valence-corrected chi connectivity index (χ0v) is 11.8. The summed E-state index contributed by atoms with van der Waals surface area (Å²) in [7, 11) is 1.69. The Morgan fingerprint density at radius 2 is 1.86 bits per heavy atom. The van der Waals surface area contributed by atoms with Crippen LogP contribution in [-0.2, 0) is 0 Å². The Morgan fingerprint density at radius 3 is 2.57 bits per heavy atom. The van der Waals surface area contributed by atoms with Crippen LogP contribution in [0.15, 0.2) is 46.9 Å². The van der Waals surface area contributed by atoms with E-state index in [-0.39, 0.29) is 5.56 Å². The standard InChI is InChI=1S/C17H15F2NO/c1-10-5-3-6-11-9-14(21-17(10)11)16(20-2)12-7-4-8-13(18)15(12)19/h3-9,16,20H,1-2H3. The Labute approximate surface area is 121 Å². The van der Waals surface area contributed by atoms with Crippen LogP contribution < -0.4 is 5.32 Å². The van der Waals surface area contributed by atoms with Gasteiger partial charge in [-0.25, -0.2) is 8.78 Å². The molecule has 0 aliphatic rings. The molecule has 3 aromatic rings. The number of hydrogen-bond donors (Lipinski definition) is 1. The fourth-order valence-electron chi connectivity index (χ4n) is 2.57. The van der Waals surface area contributed by atoms with Gasteiger partial charge in [0.25, 0.3) is 0 Å². The van der Waals surface area contributed by atoms with E-state index in [1.165, 1.54) is 6.07 Å². The average Bonchev–Trinajstić information content (AvgIpc) is 2.89. The first-order valence-electron chi connectivity index (χ1n) is 6.72. The number of fused-ring (bicyclic) bond motifs is 1. The summed E-state index contributed by atoms with van der Waals surface area (Å²) in [6, 6.07) is 11.3. The van der Waals surface area contributed by atoms with Crippen LogP contribution in [0.5, 0.6) is 0 Å². The van der Waals surface area contributed by atoms with Gasteiger partial charge < -0.3 is 9.73 Å². The summed E-state index contributed by atoms with van der Waals surface area (Å²) in [5.74, 6) is -1.15. The lowest BCUT2D eigenvalue weighted by molar-refractivity contribution is 0.454. The lowest BCUT2D eigenvalue weighted by Crippen LogP contribution is -2.18. The Bertz CT molecular complexity index is 795. The maximum absolute atomic E-state index is 14.0. The molecule has 2 aromatic carbocycles. The van der Waals surface area contributed by atoms with Crippen molar-refractivity contribution in [3.8, 4) is 0 Å². The molecule has 1 unspecified atom stereocenters. The van der Waals surface area contributed by atoms with Crippen molar-refractivity contribution in [1.29, 1.82) is 0 Å². The van der Waals surface area contributed by atoms with Gasteiger partial charge in [-0.3, -0.25) is 0 Å². The summed E-state index contributed by atoms with van der Waals surface area (Å²) >= 11 is 0. The van der Waals surface area contributed by atoms with Crippen LogP contribution in [0.1, 0.15) is 22.9 Å². The number of aryl methyl sites for hydroxylation is 1. The highest BCUT2D eigenvalue weighted by atomic mass is 19.2. The van der Waals surface area contributed by atoms with Crippen LogP contribution in [0.25, 0.3) is 11.0 Å². The molecule has 0 spiro atoms. The maximum Gasteiger partial charge on any atom is 0.164 e. The predicted octanol–water partition coefficient (Wildman–Crippen LogP) is 4.33.